The summed E-state index contributed by atoms with van der Waals surface area (Å²) in [7, 11) is 0. The molecule has 0 saturated heterocycles. The van der Waals surface area contributed by atoms with Crippen molar-refractivity contribution in [1.82, 2.24) is 0 Å². The molecule has 9 heteroatoms. The van der Waals surface area contributed by atoms with E-state index in [1.54, 1.807) is 0 Å². The lowest BCUT2D eigenvalue weighted by Crippen LogP contribution is -2.62. The second-order valence-corrected chi connectivity index (χ2v) is 5.95. The van der Waals surface area contributed by atoms with Gasteiger partial charge in [-0.1, -0.05) is 58.3 Å². The van der Waals surface area contributed by atoms with E-state index in [9.17, 15) is 39.5 Å². The van der Waals surface area contributed by atoms with Crippen LogP contribution in [-0.2, 0) is 0 Å². The highest BCUT2D eigenvalue weighted by Crippen LogP contribution is 2.54. The van der Waals surface area contributed by atoms with Gasteiger partial charge in [0.15, 0.2) is 0 Å². The molecule has 0 spiro atoms. The topological polar surface area (TPSA) is 0 Å². The molecule has 0 aromatic rings. The van der Waals surface area contributed by atoms with Gasteiger partial charge in [-0.05, 0) is 12.8 Å². The van der Waals surface area contributed by atoms with E-state index >= 15 is 0 Å². The maximum Gasteiger partial charge on any atom is 0.457 e. The SMILES string of the molecule is CCCCCCCCCCCC(F)(C(F)(F)F)C(F)(F)C(F)(F)F. The standard InChI is InChI=1S/C15H23F9/c1-2-3-4-5-6-7-8-9-10-11-12(16,14(19,20)21)13(17,18)15(22,23)24/h2-11H2,1H3. The Morgan fingerprint density at radius 3 is 1.21 bits per heavy atom. The Kier molecular flexibility index (Phi) is 8.93. The Labute approximate surface area is 135 Å². The van der Waals surface area contributed by atoms with Crippen molar-refractivity contribution in [3.05, 3.63) is 0 Å². The molecule has 0 aromatic carbocycles. The van der Waals surface area contributed by atoms with Crippen LogP contribution >= 0.6 is 0 Å². The molecule has 0 N–H and O–H groups in total. The van der Waals surface area contributed by atoms with Gasteiger partial charge in [0, 0.05) is 0 Å². The quantitative estimate of drug-likeness (QED) is 0.261. The van der Waals surface area contributed by atoms with Crippen molar-refractivity contribution in [2.24, 2.45) is 0 Å². The third-order valence-corrected chi connectivity index (χ3v) is 3.93. The lowest BCUT2D eigenvalue weighted by molar-refractivity contribution is -0.384. The van der Waals surface area contributed by atoms with Gasteiger partial charge in [-0.3, -0.25) is 0 Å². The van der Waals surface area contributed by atoms with Gasteiger partial charge < -0.3 is 0 Å². The first kappa shape index (κ1) is 23.4. The Morgan fingerprint density at radius 1 is 0.500 bits per heavy atom. The number of hydrogen-bond acceptors (Lipinski definition) is 0. The lowest BCUT2D eigenvalue weighted by Gasteiger charge is -2.35. The molecule has 0 aliphatic heterocycles. The Morgan fingerprint density at radius 2 is 0.875 bits per heavy atom. The van der Waals surface area contributed by atoms with Crippen molar-refractivity contribution in [2.75, 3.05) is 0 Å². The number of halogens is 9. The van der Waals surface area contributed by atoms with Crippen LogP contribution in [0.3, 0.4) is 0 Å². The lowest BCUT2D eigenvalue weighted by atomic mass is 9.89. The average molecular weight is 374 g/mol. The fourth-order valence-electron chi connectivity index (χ4n) is 2.38. The molecule has 1 atom stereocenters. The number of unbranched alkanes of at least 4 members (excludes halogenated alkanes) is 8. The highest BCUT2D eigenvalue weighted by atomic mass is 19.4. The summed E-state index contributed by atoms with van der Waals surface area (Å²) in [5.41, 5.74) is -5.60. The maximum atomic E-state index is 13.7. The van der Waals surface area contributed by atoms with Gasteiger partial charge in [-0.15, -0.1) is 0 Å². The van der Waals surface area contributed by atoms with E-state index in [4.69, 9.17) is 0 Å². The van der Waals surface area contributed by atoms with Gasteiger partial charge in [0.2, 0.25) is 0 Å². The van der Waals surface area contributed by atoms with Crippen molar-refractivity contribution < 1.29 is 39.5 Å². The van der Waals surface area contributed by atoms with E-state index in [1.165, 1.54) is 0 Å². The highest BCUT2D eigenvalue weighted by Gasteiger charge is 2.80. The average Bonchev–Trinajstić information content (AvgIpc) is 2.42. The van der Waals surface area contributed by atoms with Gasteiger partial charge in [0.1, 0.15) is 0 Å². The Hall–Kier alpha value is -0.630. The van der Waals surface area contributed by atoms with Gasteiger partial charge >= 0.3 is 18.3 Å². The third-order valence-electron chi connectivity index (χ3n) is 3.93. The van der Waals surface area contributed by atoms with Crippen molar-refractivity contribution in [3.63, 3.8) is 0 Å². The molecule has 0 rings (SSSR count). The van der Waals surface area contributed by atoms with Crippen molar-refractivity contribution in [1.29, 1.82) is 0 Å². The third kappa shape index (κ3) is 6.02. The molecule has 0 aromatic heterocycles. The molecule has 0 heterocycles. The highest BCUT2D eigenvalue weighted by molar-refractivity contribution is 5.03. The molecule has 0 nitrogen and oxygen atoms in total. The fourth-order valence-corrected chi connectivity index (χ4v) is 2.38. The van der Waals surface area contributed by atoms with E-state index in [-0.39, 0.29) is 6.42 Å². The van der Waals surface area contributed by atoms with Crippen LogP contribution in [0.1, 0.15) is 71.1 Å². The van der Waals surface area contributed by atoms with Gasteiger partial charge in [0.25, 0.3) is 5.67 Å². The van der Waals surface area contributed by atoms with Crippen LogP contribution in [0.15, 0.2) is 0 Å². The molecular weight excluding hydrogens is 351 g/mol. The summed E-state index contributed by atoms with van der Waals surface area (Å²) in [6, 6.07) is 0. The van der Waals surface area contributed by atoms with E-state index in [2.05, 4.69) is 0 Å². The Bertz CT molecular complexity index is 346. The normalized spacial score (nSPS) is 16.2. The molecule has 0 aliphatic carbocycles. The predicted molar refractivity (Wildman–Crippen MR) is 72.7 cm³/mol. The number of alkyl halides is 9. The van der Waals surface area contributed by atoms with Gasteiger partial charge in [-0.2, -0.15) is 35.1 Å². The summed E-state index contributed by atoms with van der Waals surface area (Å²) < 4.78 is 114. The fraction of sp³-hybridized carbons (Fsp3) is 1.00. The molecule has 146 valence electrons. The first-order valence-corrected chi connectivity index (χ1v) is 8.01. The van der Waals surface area contributed by atoms with Crippen LogP contribution in [0.4, 0.5) is 39.5 Å². The zero-order valence-corrected chi connectivity index (χ0v) is 13.5. The van der Waals surface area contributed by atoms with E-state index in [1.807, 2.05) is 6.92 Å². The van der Waals surface area contributed by atoms with Crippen LogP contribution in [0, 0.1) is 0 Å². The molecule has 0 amide bonds. The summed E-state index contributed by atoms with van der Waals surface area (Å²) in [5.74, 6) is -6.47. The second-order valence-electron chi connectivity index (χ2n) is 5.95. The molecule has 24 heavy (non-hydrogen) atoms. The molecule has 1 unspecified atom stereocenters. The minimum Gasteiger partial charge on any atom is -0.227 e. The molecule has 0 bridgehead atoms. The molecule has 0 fully saturated rings. The monoisotopic (exact) mass is 374 g/mol. The number of rotatable bonds is 11. The first-order valence-electron chi connectivity index (χ1n) is 8.01. The smallest absolute Gasteiger partial charge is 0.227 e. The summed E-state index contributed by atoms with van der Waals surface area (Å²) in [5, 5.41) is 0. The molecule has 0 radical (unpaired) electrons. The largest absolute Gasteiger partial charge is 0.457 e. The minimum absolute atomic E-state index is 0.0243. The van der Waals surface area contributed by atoms with E-state index < -0.39 is 36.8 Å². The maximum absolute atomic E-state index is 13.7. The van der Waals surface area contributed by atoms with Crippen LogP contribution < -0.4 is 0 Å². The van der Waals surface area contributed by atoms with Gasteiger partial charge in [0.05, 0.1) is 0 Å². The van der Waals surface area contributed by atoms with Crippen molar-refractivity contribution in [3.8, 4) is 0 Å². The summed E-state index contributed by atoms with van der Waals surface area (Å²) in [4.78, 5) is 0. The van der Waals surface area contributed by atoms with Crippen LogP contribution in [0.2, 0.25) is 0 Å². The zero-order chi connectivity index (χ0) is 19.1. The summed E-state index contributed by atoms with van der Waals surface area (Å²) in [6.07, 6.45) is -9.67. The summed E-state index contributed by atoms with van der Waals surface area (Å²) in [6.45, 7) is 2.03. The molecular formula is C15H23F9. The predicted octanol–water partition coefficient (Wildman–Crippen LogP) is 7.38. The van der Waals surface area contributed by atoms with Crippen molar-refractivity contribution in [2.45, 2.75) is 95.1 Å². The first-order chi connectivity index (χ1) is 10.8. The number of hydrogen-bond donors (Lipinski definition) is 0. The minimum atomic E-state index is -6.60. The van der Waals surface area contributed by atoms with Gasteiger partial charge in [-0.25, -0.2) is 4.39 Å². The van der Waals surface area contributed by atoms with Crippen LogP contribution in [0.5, 0.6) is 0 Å². The van der Waals surface area contributed by atoms with Crippen LogP contribution in [-0.4, -0.2) is 23.9 Å². The Balaban J connectivity index is 4.49. The summed E-state index contributed by atoms with van der Waals surface area (Å²) >= 11 is 0. The van der Waals surface area contributed by atoms with E-state index in [0.717, 1.165) is 32.1 Å². The van der Waals surface area contributed by atoms with Crippen molar-refractivity contribution >= 4 is 0 Å². The molecule has 0 aliphatic rings. The van der Waals surface area contributed by atoms with E-state index in [0.29, 0.717) is 12.8 Å². The zero-order valence-electron chi connectivity index (χ0n) is 13.5. The second kappa shape index (κ2) is 9.17. The molecule has 0 saturated carbocycles. The van der Waals surface area contributed by atoms with Crippen LogP contribution in [0.25, 0.3) is 0 Å².